The van der Waals surface area contributed by atoms with E-state index in [-0.39, 0.29) is 0 Å². The number of hydrogen-bond acceptors (Lipinski definition) is 4. The minimum absolute atomic E-state index is 0.368. The van der Waals surface area contributed by atoms with Crippen LogP contribution < -0.4 is 5.32 Å². The van der Waals surface area contributed by atoms with Gasteiger partial charge in [-0.25, -0.2) is 4.79 Å². The molecule has 2 atom stereocenters. The number of hydrogen-bond donors (Lipinski definition) is 2. The second-order valence-electron chi connectivity index (χ2n) is 5.08. The smallest absolute Gasteiger partial charge is 0.467 e. The van der Waals surface area contributed by atoms with Gasteiger partial charge < -0.3 is 15.2 Å². The number of carbonyl (C=O) groups is 2. The van der Waals surface area contributed by atoms with Crippen molar-refractivity contribution in [1.29, 1.82) is 0 Å². The number of esters is 1. The standard InChI is InChI=1S/C17H18F3NO4/c1-25-15(23)14(21-16(24)17(18,19)20)13(22)11-7-3-6-10-12-8-4-2-5-9-12/h2,4-5,8-9,13-14,22H,3,6,10H2,1H3,(H,21,24)/t13-,14-/m0/s1. The molecule has 0 radical (unpaired) electrons. The number of ether oxygens (including phenoxy) is 1. The topological polar surface area (TPSA) is 75.6 Å². The van der Waals surface area contributed by atoms with Gasteiger partial charge in [0.15, 0.2) is 6.04 Å². The van der Waals surface area contributed by atoms with Crippen molar-refractivity contribution in [2.45, 2.75) is 37.6 Å². The van der Waals surface area contributed by atoms with Crippen LogP contribution in [0.4, 0.5) is 13.2 Å². The third kappa shape index (κ3) is 7.27. The zero-order chi connectivity index (χ0) is 18.9. The molecule has 1 aromatic rings. The van der Waals surface area contributed by atoms with Crippen LogP contribution in [-0.2, 0) is 20.7 Å². The summed E-state index contributed by atoms with van der Waals surface area (Å²) in [5, 5.41) is 11.2. The van der Waals surface area contributed by atoms with Crippen molar-refractivity contribution < 1.29 is 32.6 Å². The Morgan fingerprint density at radius 3 is 2.48 bits per heavy atom. The van der Waals surface area contributed by atoms with E-state index in [4.69, 9.17) is 0 Å². The average Bonchev–Trinajstić information content (AvgIpc) is 2.58. The van der Waals surface area contributed by atoms with Crippen molar-refractivity contribution in [2.24, 2.45) is 0 Å². The Labute approximate surface area is 143 Å². The van der Waals surface area contributed by atoms with Crippen molar-refractivity contribution in [2.75, 3.05) is 7.11 Å². The number of unbranched alkanes of at least 4 members (excludes halogenated alkanes) is 1. The first-order chi connectivity index (χ1) is 11.8. The summed E-state index contributed by atoms with van der Waals surface area (Å²) in [6.07, 6.45) is -5.21. The molecule has 1 rings (SSSR count). The molecule has 2 N–H and O–H groups in total. The molecule has 0 spiro atoms. The maximum Gasteiger partial charge on any atom is 0.471 e. The molecule has 0 aliphatic rings. The molecule has 136 valence electrons. The minimum atomic E-state index is -5.19. The maximum absolute atomic E-state index is 12.3. The van der Waals surface area contributed by atoms with Crippen molar-refractivity contribution in [3.63, 3.8) is 0 Å². The van der Waals surface area contributed by atoms with Gasteiger partial charge in [-0.3, -0.25) is 4.79 Å². The van der Waals surface area contributed by atoms with Gasteiger partial charge in [0.1, 0.15) is 6.10 Å². The zero-order valence-electron chi connectivity index (χ0n) is 13.5. The summed E-state index contributed by atoms with van der Waals surface area (Å²) in [5.74, 6) is 1.28. The van der Waals surface area contributed by atoms with Gasteiger partial charge in [0.2, 0.25) is 0 Å². The quantitative estimate of drug-likeness (QED) is 0.461. The number of methoxy groups -OCH3 is 1. The lowest BCUT2D eigenvalue weighted by Crippen LogP contribution is -2.52. The predicted molar refractivity (Wildman–Crippen MR) is 83.2 cm³/mol. The Hall–Kier alpha value is -2.53. The largest absolute Gasteiger partial charge is 0.471 e. The molecule has 0 heterocycles. The molecule has 5 nitrogen and oxygen atoms in total. The summed E-state index contributed by atoms with van der Waals surface area (Å²) in [6.45, 7) is 0. The van der Waals surface area contributed by atoms with Gasteiger partial charge in [-0.2, -0.15) is 13.2 Å². The van der Waals surface area contributed by atoms with Crippen molar-refractivity contribution >= 4 is 11.9 Å². The van der Waals surface area contributed by atoms with Crippen LogP contribution in [-0.4, -0.2) is 42.4 Å². The number of amides is 1. The third-order valence-corrected chi connectivity index (χ3v) is 3.17. The molecule has 1 aromatic carbocycles. The number of aryl methyl sites for hydroxylation is 1. The van der Waals surface area contributed by atoms with E-state index in [1.54, 1.807) is 0 Å². The number of aliphatic hydroxyl groups is 1. The first-order valence-corrected chi connectivity index (χ1v) is 7.41. The SMILES string of the molecule is COC(=O)[C@@H](NC(=O)C(F)(F)F)[C@@H](O)C#CCCCc1ccccc1. The van der Waals surface area contributed by atoms with Crippen LogP contribution in [0.25, 0.3) is 0 Å². The molecule has 25 heavy (non-hydrogen) atoms. The van der Waals surface area contributed by atoms with Crippen molar-refractivity contribution in [1.82, 2.24) is 5.32 Å². The molecule has 0 saturated carbocycles. The third-order valence-electron chi connectivity index (χ3n) is 3.17. The fraction of sp³-hybridized carbons (Fsp3) is 0.412. The first-order valence-electron chi connectivity index (χ1n) is 7.41. The Morgan fingerprint density at radius 2 is 1.92 bits per heavy atom. The highest BCUT2D eigenvalue weighted by atomic mass is 19.4. The van der Waals surface area contributed by atoms with E-state index < -0.39 is 30.2 Å². The van der Waals surface area contributed by atoms with Crippen LogP contribution in [0.15, 0.2) is 30.3 Å². The van der Waals surface area contributed by atoms with Gasteiger partial charge in [0.05, 0.1) is 7.11 Å². The van der Waals surface area contributed by atoms with E-state index >= 15 is 0 Å². The molecular weight excluding hydrogens is 339 g/mol. The molecule has 0 saturated heterocycles. The van der Waals surface area contributed by atoms with Crippen LogP contribution >= 0.6 is 0 Å². The average molecular weight is 357 g/mol. The molecule has 0 aliphatic carbocycles. The highest BCUT2D eigenvalue weighted by molar-refractivity contribution is 5.88. The summed E-state index contributed by atoms with van der Waals surface area (Å²) < 4.78 is 41.1. The highest BCUT2D eigenvalue weighted by Gasteiger charge is 2.42. The summed E-state index contributed by atoms with van der Waals surface area (Å²) >= 11 is 0. The van der Waals surface area contributed by atoms with Crippen LogP contribution in [0.3, 0.4) is 0 Å². The van der Waals surface area contributed by atoms with Crippen LogP contribution in [0.1, 0.15) is 18.4 Å². The predicted octanol–water partition coefficient (Wildman–Crippen LogP) is 1.59. The molecule has 0 aliphatic heterocycles. The summed E-state index contributed by atoms with van der Waals surface area (Å²) in [6, 6.07) is 7.66. The molecule has 0 fully saturated rings. The van der Waals surface area contributed by atoms with Crippen LogP contribution in [0, 0.1) is 11.8 Å². The number of carbonyl (C=O) groups excluding carboxylic acids is 2. The highest BCUT2D eigenvalue weighted by Crippen LogP contribution is 2.15. The Morgan fingerprint density at radius 1 is 1.28 bits per heavy atom. The number of aliphatic hydroxyl groups excluding tert-OH is 1. The second-order valence-corrected chi connectivity index (χ2v) is 5.08. The Kier molecular flexibility index (Phi) is 7.95. The molecule has 0 aromatic heterocycles. The molecular formula is C17H18F3NO4. The fourth-order valence-electron chi connectivity index (χ4n) is 1.90. The lowest BCUT2D eigenvalue weighted by atomic mass is 10.1. The number of rotatable bonds is 6. The molecule has 0 unspecified atom stereocenters. The summed E-state index contributed by atoms with van der Waals surface area (Å²) in [7, 11) is 0.926. The van der Waals surface area contributed by atoms with E-state index in [1.165, 1.54) is 5.32 Å². The lowest BCUT2D eigenvalue weighted by Gasteiger charge is -2.19. The monoisotopic (exact) mass is 357 g/mol. The van der Waals surface area contributed by atoms with Gasteiger partial charge >= 0.3 is 18.1 Å². The zero-order valence-corrected chi connectivity index (χ0v) is 13.5. The molecule has 0 bridgehead atoms. The van der Waals surface area contributed by atoms with Gasteiger partial charge in [-0.05, 0) is 18.4 Å². The lowest BCUT2D eigenvalue weighted by molar-refractivity contribution is -0.176. The number of benzene rings is 1. The van der Waals surface area contributed by atoms with Crippen molar-refractivity contribution in [3.8, 4) is 11.8 Å². The van der Waals surface area contributed by atoms with Crippen LogP contribution in [0.5, 0.6) is 0 Å². The summed E-state index contributed by atoms with van der Waals surface area (Å²) in [5.41, 5.74) is 1.11. The van der Waals surface area contributed by atoms with E-state index in [1.807, 2.05) is 30.3 Å². The number of alkyl halides is 3. The van der Waals surface area contributed by atoms with Gasteiger partial charge in [0.25, 0.3) is 0 Å². The minimum Gasteiger partial charge on any atom is -0.467 e. The van der Waals surface area contributed by atoms with E-state index in [9.17, 15) is 27.9 Å². The Bertz CT molecular complexity index is 635. The van der Waals surface area contributed by atoms with Gasteiger partial charge in [0, 0.05) is 6.42 Å². The van der Waals surface area contributed by atoms with Crippen LogP contribution in [0.2, 0.25) is 0 Å². The van der Waals surface area contributed by atoms with E-state index in [0.29, 0.717) is 12.8 Å². The maximum atomic E-state index is 12.3. The number of halogens is 3. The van der Waals surface area contributed by atoms with Gasteiger partial charge in [-0.15, -0.1) is 5.92 Å². The molecule has 1 amide bonds. The van der Waals surface area contributed by atoms with Gasteiger partial charge in [-0.1, -0.05) is 36.3 Å². The van der Waals surface area contributed by atoms with E-state index in [0.717, 1.165) is 19.1 Å². The normalized spacial score (nSPS) is 13.2. The molecule has 8 heteroatoms. The first kappa shape index (κ1) is 20.5. The fourth-order valence-corrected chi connectivity index (χ4v) is 1.90. The second kappa shape index (κ2) is 9.69. The summed E-state index contributed by atoms with van der Waals surface area (Å²) in [4.78, 5) is 22.4. The van der Waals surface area contributed by atoms with E-state index in [2.05, 4.69) is 16.6 Å². The van der Waals surface area contributed by atoms with Crippen molar-refractivity contribution in [3.05, 3.63) is 35.9 Å². The number of nitrogens with one attached hydrogen (secondary N) is 1. The Balaban J connectivity index is 2.59.